The van der Waals surface area contributed by atoms with E-state index in [-0.39, 0.29) is 0 Å². The van der Waals surface area contributed by atoms with E-state index in [0.29, 0.717) is 36.7 Å². The molecule has 0 aromatic carbocycles. The van der Waals surface area contributed by atoms with Crippen molar-refractivity contribution in [2.24, 2.45) is 11.8 Å². The smallest absolute Gasteiger partial charge is 0.407 e. The standard InChI is InChI=1S/C9H12N4O2/c10-7-1-6(11-12-7)8-4-2-13(9(14)15)3-5(4)8/h1,4-5,8H,2-3H2,(H,14,15)(H3,10,11,12). The predicted octanol–water partition coefficient (Wildman–Crippen LogP) is 0.315. The molecular formula is C9H12N4O2. The zero-order chi connectivity index (χ0) is 10.6. The molecule has 2 heterocycles. The molecule has 0 bridgehead atoms. The maximum absolute atomic E-state index is 10.7. The van der Waals surface area contributed by atoms with Crippen molar-refractivity contribution in [1.82, 2.24) is 15.1 Å². The summed E-state index contributed by atoms with van der Waals surface area (Å²) in [4.78, 5) is 12.2. The molecule has 1 aromatic heterocycles. The normalized spacial score (nSPS) is 32.8. The van der Waals surface area contributed by atoms with Gasteiger partial charge in [-0.15, -0.1) is 0 Å². The molecule has 1 aliphatic carbocycles. The summed E-state index contributed by atoms with van der Waals surface area (Å²) in [5.74, 6) is 1.86. The molecule has 1 saturated heterocycles. The number of aromatic amines is 1. The van der Waals surface area contributed by atoms with Gasteiger partial charge >= 0.3 is 6.09 Å². The number of rotatable bonds is 1. The van der Waals surface area contributed by atoms with E-state index in [1.165, 1.54) is 4.90 Å². The van der Waals surface area contributed by atoms with Gasteiger partial charge in [0.25, 0.3) is 0 Å². The first-order valence-corrected chi connectivity index (χ1v) is 4.95. The number of hydrogen-bond acceptors (Lipinski definition) is 3. The van der Waals surface area contributed by atoms with Crippen LogP contribution in [0.1, 0.15) is 11.6 Å². The molecule has 1 aliphatic heterocycles. The Hall–Kier alpha value is -1.72. The Kier molecular flexibility index (Phi) is 1.52. The van der Waals surface area contributed by atoms with Gasteiger partial charge in [-0.05, 0) is 11.8 Å². The number of nitrogens with two attached hydrogens (primary N) is 1. The van der Waals surface area contributed by atoms with Crippen molar-refractivity contribution in [2.45, 2.75) is 5.92 Å². The number of amides is 1. The molecule has 3 rings (SSSR count). The molecular weight excluding hydrogens is 196 g/mol. The number of fused-ring (bicyclic) bond motifs is 1. The third-order valence-corrected chi connectivity index (χ3v) is 3.44. The molecule has 1 amide bonds. The summed E-state index contributed by atoms with van der Waals surface area (Å²) in [6, 6.07) is 1.84. The van der Waals surface area contributed by atoms with Crippen LogP contribution in [0.5, 0.6) is 0 Å². The van der Waals surface area contributed by atoms with E-state index in [1.807, 2.05) is 6.07 Å². The highest BCUT2D eigenvalue weighted by molar-refractivity contribution is 5.66. The van der Waals surface area contributed by atoms with E-state index >= 15 is 0 Å². The maximum Gasteiger partial charge on any atom is 0.407 e. The molecule has 2 fully saturated rings. The van der Waals surface area contributed by atoms with Gasteiger partial charge < -0.3 is 15.7 Å². The highest BCUT2D eigenvalue weighted by atomic mass is 16.4. The fourth-order valence-electron chi connectivity index (χ4n) is 2.67. The lowest BCUT2D eigenvalue weighted by atomic mass is 10.2. The molecule has 2 unspecified atom stereocenters. The number of anilines is 1. The minimum Gasteiger partial charge on any atom is -0.465 e. The summed E-state index contributed by atoms with van der Waals surface area (Å²) < 4.78 is 0. The van der Waals surface area contributed by atoms with Gasteiger partial charge in [0.05, 0.1) is 0 Å². The van der Waals surface area contributed by atoms with Crippen LogP contribution in [0.15, 0.2) is 6.07 Å². The van der Waals surface area contributed by atoms with Crippen LogP contribution in [0.4, 0.5) is 10.6 Å². The highest BCUT2D eigenvalue weighted by Gasteiger charge is 2.58. The SMILES string of the molecule is Nc1cc(C2C3CN(C(=O)O)CC32)[nH]n1. The van der Waals surface area contributed by atoms with Crippen LogP contribution in [0.25, 0.3) is 0 Å². The molecule has 6 heteroatoms. The number of nitrogens with zero attached hydrogens (tertiary/aromatic N) is 2. The number of hydrogen-bond donors (Lipinski definition) is 3. The Labute approximate surface area is 86.1 Å². The van der Waals surface area contributed by atoms with Crippen molar-refractivity contribution in [3.05, 3.63) is 11.8 Å². The first kappa shape index (κ1) is 8.58. The molecule has 1 aromatic rings. The number of nitrogens with one attached hydrogen (secondary N) is 1. The monoisotopic (exact) mass is 208 g/mol. The van der Waals surface area contributed by atoms with Crippen molar-refractivity contribution in [1.29, 1.82) is 0 Å². The Bertz CT molecular complexity index is 404. The van der Waals surface area contributed by atoms with Crippen LogP contribution in [-0.2, 0) is 0 Å². The van der Waals surface area contributed by atoms with Gasteiger partial charge in [-0.1, -0.05) is 0 Å². The number of likely N-dealkylation sites (tertiary alicyclic amines) is 1. The predicted molar refractivity (Wildman–Crippen MR) is 52.3 cm³/mol. The van der Waals surface area contributed by atoms with Gasteiger partial charge in [0.15, 0.2) is 0 Å². The van der Waals surface area contributed by atoms with E-state index in [2.05, 4.69) is 10.2 Å². The fourth-order valence-corrected chi connectivity index (χ4v) is 2.67. The Morgan fingerprint density at radius 3 is 2.73 bits per heavy atom. The number of piperidine rings is 1. The molecule has 2 aliphatic rings. The lowest BCUT2D eigenvalue weighted by Gasteiger charge is -2.14. The van der Waals surface area contributed by atoms with Gasteiger partial charge in [0, 0.05) is 30.8 Å². The van der Waals surface area contributed by atoms with Crippen LogP contribution in [0.2, 0.25) is 0 Å². The molecule has 6 nitrogen and oxygen atoms in total. The largest absolute Gasteiger partial charge is 0.465 e. The second-order valence-electron chi connectivity index (χ2n) is 4.29. The minimum absolute atomic E-state index is 0.436. The van der Waals surface area contributed by atoms with Crippen LogP contribution in [-0.4, -0.2) is 39.4 Å². The van der Waals surface area contributed by atoms with Crippen LogP contribution in [0.3, 0.4) is 0 Å². The molecule has 2 atom stereocenters. The first-order chi connectivity index (χ1) is 7.16. The van der Waals surface area contributed by atoms with Crippen LogP contribution in [0, 0.1) is 11.8 Å². The second-order valence-corrected chi connectivity index (χ2v) is 4.29. The zero-order valence-corrected chi connectivity index (χ0v) is 8.05. The van der Waals surface area contributed by atoms with E-state index in [9.17, 15) is 4.79 Å². The van der Waals surface area contributed by atoms with E-state index in [1.54, 1.807) is 0 Å². The molecule has 4 N–H and O–H groups in total. The van der Waals surface area contributed by atoms with E-state index < -0.39 is 6.09 Å². The first-order valence-electron chi connectivity index (χ1n) is 4.95. The van der Waals surface area contributed by atoms with E-state index in [0.717, 1.165) is 5.69 Å². The third kappa shape index (κ3) is 1.17. The summed E-state index contributed by atoms with van der Waals surface area (Å²) in [7, 11) is 0. The van der Waals surface area contributed by atoms with E-state index in [4.69, 9.17) is 10.8 Å². The molecule has 1 saturated carbocycles. The van der Waals surface area contributed by atoms with Gasteiger partial charge in [-0.3, -0.25) is 5.10 Å². The maximum atomic E-state index is 10.7. The molecule has 0 radical (unpaired) electrons. The van der Waals surface area contributed by atoms with Crippen molar-refractivity contribution < 1.29 is 9.90 Å². The zero-order valence-electron chi connectivity index (χ0n) is 8.05. The number of carbonyl (C=O) groups is 1. The van der Waals surface area contributed by atoms with Crippen LogP contribution < -0.4 is 5.73 Å². The van der Waals surface area contributed by atoms with Gasteiger partial charge in [0.1, 0.15) is 5.82 Å². The fraction of sp³-hybridized carbons (Fsp3) is 0.556. The summed E-state index contributed by atoms with van der Waals surface area (Å²) in [5, 5.41) is 15.6. The Morgan fingerprint density at radius 2 is 2.27 bits per heavy atom. The molecule has 80 valence electrons. The number of aromatic nitrogens is 2. The average Bonchev–Trinajstić information content (AvgIpc) is 2.62. The molecule has 15 heavy (non-hydrogen) atoms. The van der Waals surface area contributed by atoms with Gasteiger partial charge in [0.2, 0.25) is 0 Å². The Morgan fingerprint density at radius 1 is 1.60 bits per heavy atom. The molecule has 0 spiro atoms. The minimum atomic E-state index is -0.815. The topological polar surface area (TPSA) is 95.2 Å². The summed E-state index contributed by atoms with van der Waals surface area (Å²) in [6.07, 6.45) is -0.815. The number of nitrogen functional groups attached to an aromatic ring is 1. The highest BCUT2D eigenvalue weighted by Crippen LogP contribution is 2.57. The summed E-state index contributed by atoms with van der Waals surface area (Å²) >= 11 is 0. The average molecular weight is 208 g/mol. The lowest BCUT2D eigenvalue weighted by molar-refractivity contribution is 0.150. The van der Waals surface area contributed by atoms with Crippen molar-refractivity contribution >= 4 is 11.9 Å². The Balaban J connectivity index is 1.70. The van der Waals surface area contributed by atoms with Gasteiger partial charge in [-0.2, -0.15) is 5.10 Å². The third-order valence-electron chi connectivity index (χ3n) is 3.44. The van der Waals surface area contributed by atoms with Crippen LogP contribution >= 0.6 is 0 Å². The second kappa shape index (κ2) is 2.65. The van der Waals surface area contributed by atoms with Crippen molar-refractivity contribution in [2.75, 3.05) is 18.8 Å². The number of carboxylic acid groups (broad SMARTS) is 1. The van der Waals surface area contributed by atoms with Gasteiger partial charge in [-0.25, -0.2) is 4.79 Å². The summed E-state index contributed by atoms with van der Waals surface area (Å²) in [5.41, 5.74) is 6.57. The lowest BCUT2D eigenvalue weighted by Crippen LogP contribution is -2.29. The summed E-state index contributed by atoms with van der Waals surface area (Å²) in [6.45, 7) is 1.28. The number of H-pyrrole nitrogens is 1. The quantitative estimate of drug-likeness (QED) is 0.619. The van der Waals surface area contributed by atoms with Crippen molar-refractivity contribution in [3.8, 4) is 0 Å². The van der Waals surface area contributed by atoms with Crippen molar-refractivity contribution in [3.63, 3.8) is 0 Å².